The molecule has 3 rings (SSSR count). The lowest BCUT2D eigenvalue weighted by atomic mass is 9.94. The van der Waals surface area contributed by atoms with Crippen LogP contribution >= 0.6 is 0 Å². The summed E-state index contributed by atoms with van der Waals surface area (Å²) in [5, 5.41) is 5.77. The third-order valence-electron chi connectivity index (χ3n) is 5.14. The summed E-state index contributed by atoms with van der Waals surface area (Å²) < 4.78 is 5.33. The van der Waals surface area contributed by atoms with E-state index in [2.05, 4.69) is 15.5 Å². The molecule has 1 atom stereocenters. The second-order valence-corrected chi connectivity index (χ2v) is 7.25. The number of hydrogen-bond donors (Lipinski definition) is 2. The van der Waals surface area contributed by atoms with Gasteiger partial charge in [0.2, 0.25) is 0 Å². The Morgan fingerprint density at radius 1 is 1.15 bits per heavy atom. The van der Waals surface area contributed by atoms with Crippen LogP contribution in [-0.2, 0) is 9.53 Å². The van der Waals surface area contributed by atoms with Crippen LogP contribution in [0.15, 0.2) is 35.5 Å². The summed E-state index contributed by atoms with van der Waals surface area (Å²) in [5.74, 6) is -0.375. The topological polar surface area (TPSA) is 70.7 Å². The van der Waals surface area contributed by atoms with Gasteiger partial charge >= 0.3 is 12.0 Å². The van der Waals surface area contributed by atoms with Crippen molar-refractivity contribution in [1.29, 1.82) is 0 Å². The fraction of sp³-hybridized carbons (Fsp3) is 0.524. The van der Waals surface area contributed by atoms with E-state index in [9.17, 15) is 9.59 Å². The van der Waals surface area contributed by atoms with Gasteiger partial charge in [-0.25, -0.2) is 9.59 Å². The number of carbonyl (C=O) groups is 2. The van der Waals surface area contributed by atoms with Crippen molar-refractivity contribution >= 4 is 12.0 Å². The lowest BCUT2D eigenvalue weighted by Gasteiger charge is -2.32. The summed E-state index contributed by atoms with van der Waals surface area (Å²) in [6.45, 7) is 6.63. The van der Waals surface area contributed by atoms with Crippen molar-refractivity contribution in [3.8, 4) is 0 Å². The minimum atomic E-state index is -0.500. The molecule has 0 aliphatic carbocycles. The van der Waals surface area contributed by atoms with Gasteiger partial charge in [-0.1, -0.05) is 42.7 Å². The van der Waals surface area contributed by atoms with Gasteiger partial charge in [0.25, 0.3) is 0 Å². The maximum atomic E-state index is 12.8. The monoisotopic (exact) mass is 371 g/mol. The molecular weight excluding hydrogens is 342 g/mol. The third kappa shape index (κ3) is 4.89. The highest BCUT2D eigenvalue weighted by Crippen LogP contribution is 2.28. The molecule has 2 aliphatic heterocycles. The smallest absolute Gasteiger partial charge is 0.338 e. The van der Waals surface area contributed by atoms with E-state index in [0.29, 0.717) is 24.4 Å². The molecule has 2 amide bonds. The summed E-state index contributed by atoms with van der Waals surface area (Å²) in [4.78, 5) is 27.4. The molecular formula is C21H29N3O3. The summed E-state index contributed by atoms with van der Waals surface area (Å²) in [6.07, 6.45) is 4.77. The van der Waals surface area contributed by atoms with E-state index in [-0.39, 0.29) is 12.0 Å². The molecule has 6 heteroatoms. The normalized spacial score (nSPS) is 21.3. The van der Waals surface area contributed by atoms with E-state index >= 15 is 0 Å². The maximum Gasteiger partial charge on any atom is 0.338 e. The Bertz CT molecular complexity index is 704. The third-order valence-corrected chi connectivity index (χ3v) is 5.14. The quantitative estimate of drug-likeness (QED) is 0.781. The summed E-state index contributed by atoms with van der Waals surface area (Å²) in [5.41, 5.74) is 3.17. The first-order valence-electron chi connectivity index (χ1n) is 9.85. The van der Waals surface area contributed by atoms with Crippen molar-refractivity contribution in [1.82, 2.24) is 15.5 Å². The molecule has 1 saturated heterocycles. The zero-order valence-corrected chi connectivity index (χ0v) is 16.2. The van der Waals surface area contributed by atoms with E-state index in [1.54, 1.807) is 6.92 Å². The Kier molecular flexibility index (Phi) is 6.50. The van der Waals surface area contributed by atoms with Crippen LogP contribution in [0.5, 0.6) is 0 Å². The number of nitrogens with zero attached hydrogens (tertiary/aromatic N) is 1. The first-order chi connectivity index (χ1) is 13.1. The molecule has 0 spiro atoms. The number of benzene rings is 1. The van der Waals surface area contributed by atoms with Crippen molar-refractivity contribution in [2.75, 3.05) is 26.2 Å². The molecule has 146 valence electrons. The molecule has 1 fully saturated rings. The van der Waals surface area contributed by atoms with Crippen LogP contribution in [0.1, 0.15) is 49.8 Å². The van der Waals surface area contributed by atoms with Crippen molar-refractivity contribution in [2.24, 2.45) is 0 Å². The largest absolute Gasteiger partial charge is 0.463 e. The van der Waals surface area contributed by atoms with Crippen molar-refractivity contribution in [3.05, 3.63) is 46.7 Å². The van der Waals surface area contributed by atoms with Crippen LogP contribution in [0.25, 0.3) is 0 Å². The van der Waals surface area contributed by atoms with Gasteiger partial charge in [0.1, 0.15) is 0 Å². The lowest BCUT2D eigenvalue weighted by Crippen LogP contribution is -2.48. The summed E-state index contributed by atoms with van der Waals surface area (Å²) in [7, 11) is 0. The molecule has 6 nitrogen and oxygen atoms in total. The molecule has 27 heavy (non-hydrogen) atoms. The van der Waals surface area contributed by atoms with Crippen LogP contribution in [0.3, 0.4) is 0 Å². The second kappa shape index (κ2) is 9.04. The molecule has 2 N–H and O–H groups in total. The van der Waals surface area contributed by atoms with Crippen molar-refractivity contribution in [2.45, 2.75) is 45.6 Å². The van der Waals surface area contributed by atoms with E-state index < -0.39 is 6.04 Å². The van der Waals surface area contributed by atoms with E-state index in [4.69, 9.17) is 4.74 Å². The fourth-order valence-corrected chi connectivity index (χ4v) is 3.72. The first-order valence-corrected chi connectivity index (χ1v) is 9.85. The van der Waals surface area contributed by atoms with Crippen molar-refractivity contribution in [3.63, 3.8) is 0 Å². The van der Waals surface area contributed by atoms with E-state index in [1.807, 2.05) is 31.2 Å². The Morgan fingerprint density at radius 2 is 1.81 bits per heavy atom. The lowest BCUT2D eigenvalue weighted by molar-refractivity contribution is -0.139. The van der Waals surface area contributed by atoms with Gasteiger partial charge in [-0.2, -0.15) is 0 Å². The number of ether oxygens (including phenoxy) is 1. The zero-order chi connectivity index (χ0) is 19.2. The predicted octanol–water partition coefficient (Wildman–Crippen LogP) is 3.04. The number of carbonyl (C=O) groups excluding carboxylic acids is 2. The standard InChI is InChI=1S/C21H29N3O3/c1-3-27-20(25)18-17(14-24-12-6-4-5-7-13-24)22-21(26)23-19(18)16-10-8-15(2)9-11-16/h8-11,19H,3-7,12-14H2,1-2H3,(H2,22,23,26)/t19-/m0/s1. The van der Waals surface area contributed by atoms with Gasteiger partial charge in [-0.15, -0.1) is 0 Å². The van der Waals surface area contributed by atoms with Crippen LogP contribution in [0.4, 0.5) is 4.79 Å². The predicted molar refractivity (Wildman–Crippen MR) is 104 cm³/mol. The van der Waals surface area contributed by atoms with E-state index in [1.165, 1.54) is 12.8 Å². The number of rotatable bonds is 5. The number of esters is 1. The number of amides is 2. The number of nitrogens with one attached hydrogen (secondary N) is 2. The van der Waals surface area contributed by atoms with Gasteiger partial charge in [-0.05, 0) is 45.3 Å². The highest BCUT2D eigenvalue weighted by Gasteiger charge is 2.34. The molecule has 0 radical (unpaired) electrons. The number of hydrogen-bond acceptors (Lipinski definition) is 4. The average molecular weight is 371 g/mol. The molecule has 2 heterocycles. The number of likely N-dealkylation sites (tertiary alicyclic amines) is 1. The average Bonchev–Trinajstić information content (AvgIpc) is 2.90. The first kappa shape index (κ1) is 19.4. The number of urea groups is 1. The Morgan fingerprint density at radius 3 is 2.44 bits per heavy atom. The molecule has 2 aliphatic rings. The highest BCUT2D eigenvalue weighted by atomic mass is 16.5. The summed E-state index contributed by atoms with van der Waals surface area (Å²) >= 11 is 0. The van der Waals surface area contributed by atoms with Gasteiger partial charge in [0, 0.05) is 12.2 Å². The van der Waals surface area contributed by atoms with Gasteiger partial charge in [0.05, 0.1) is 18.2 Å². The van der Waals surface area contributed by atoms with Crippen LogP contribution < -0.4 is 10.6 Å². The molecule has 0 saturated carbocycles. The molecule has 1 aromatic rings. The van der Waals surface area contributed by atoms with Crippen LogP contribution in [0.2, 0.25) is 0 Å². The molecule has 0 aromatic heterocycles. The molecule has 0 bridgehead atoms. The minimum absolute atomic E-state index is 0.279. The fourth-order valence-electron chi connectivity index (χ4n) is 3.72. The van der Waals surface area contributed by atoms with Gasteiger partial charge in [-0.3, -0.25) is 4.90 Å². The number of aryl methyl sites for hydroxylation is 1. The van der Waals surface area contributed by atoms with Crippen molar-refractivity contribution < 1.29 is 14.3 Å². The minimum Gasteiger partial charge on any atom is -0.463 e. The Labute approximate surface area is 161 Å². The van der Waals surface area contributed by atoms with E-state index in [0.717, 1.165) is 37.1 Å². The Hall–Kier alpha value is -2.34. The Balaban J connectivity index is 1.96. The highest BCUT2D eigenvalue weighted by molar-refractivity contribution is 5.95. The molecule has 1 aromatic carbocycles. The van der Waals surface area contributed by atoms with Crippen LogP contribution in [-0.4, -0.2) is 43.1 Å². The van der Waals surface area contributed by atoms with Gasteiger partial charge in [0.15, 0.2) is 0 Å². The maximum absolute atomic E-state index is 12.8. The molecule has 0 unspecified atom stereocenters. The summed E-state index contributed by atoms with van der Waals surface area (Å²) in [6, 6.07) is 7.10. The van der Waals surface area contributed by atoms with Crippen LogP contribution in [0, 0.1) is 6.92 Å². The SMILES string of the molecule is CCOC(=O)C1=C(CN2CCCCCC2)NC(=O)N[C@H]1c1ccc(C)cc1. The second-order valence-electron chi connectivity index (χ2n) is 7.25. The van der Waals surface area contributed by atoms with Gasteiger partial charge < -0.3 is 15.4 Å². The zero-order valence-electron chi connectivity index (χ0n) is 16.2.